The Morgan fingerprint density at radius 1 is 0.970 bits per heavy atom. The molecule has 0 N–H and O–H groups in total. The number of benzene rings is 1. The van der Waals surface area contributed by atoms with E-state index >= 15 is 0 Å². The van der Waals surface area contributed by atoms with Crippen molar-refractivity contribution in [3.63, 3.8) is 0 Å². The van der Waals surface area contributed by atoms with Gasteiger partial charge in [-0.05, 0) is 47.4 Å². The third kappa shape index (κ3) is 8.72. The fraction of sp³-hybridized carbons (Fsp3) is 0.538. The Hall–Kier alpha value is -2.54. The number of hydrogen-bond donors (Lipinski definition) is 0. The second-order valence-corrected chi connectivity index (χ2v) is 10.4. The van der Waals surface area contributed by atoms with E-state index < -0.39 is 0 Å². The van der Waals surface area contributed by atoms with Gasteiger partial charge in [-0.1, -0.05) is 39.8 Å². The molecule has 0 saturated carbocycles. The largest absolute Gasteiger partial charge is 0.493 e. The maximum atomic E-state index is 13.4. The molecule has 0 radical (unpaired) electrons. The lowest BCUT2D eigenvalue weighted by molar-refractivity contribution is -0.142. The molecule has 0 aliphatic rings. The second kappa shape index (κ2) is 12.6. The lowest BCUT2D eigenvalue weighted by Gasteiger charge is -2.29. The zero-order valence-electron chi connectivity index (χ0n) is 20.8. The van der Waals surface area contributed by atoms with E-state index in [1.165, 1.54) is 0 Å². The molecule has 6 nitrogen and oxygen atoms in total. The number of rotatable bonds is 12. The highest BCUT2D eigenvalue weighted by Gasteiger charge is 2.25. The summed E-state index contributed by atoms with van der Waals surface area (Å²) in [6.45, 7) is 9.96. The van der Waals surface area contributed by atoms with Crippen molar-refractivity contribution < 1.29 is 19.1 Å². The molecule has 0 aliphatic heterocycles. The minimum absolute atomic E-state index is 0.0282. The molecule has 182 valence electrons. The van der Waals surface area contributed by atoms with E-state index in [4.69, 9.17) is 9.47 Å². The van der Waals surface area contributed by atoms with E-state index in [0.29, 0.717) is 44.0 Å². The van der Waals surface area contributed by atoms with Gasteiger partial charge in [0.1, 0.15) is 0 Å². The minimum atomic E-state index is -0.115. The zero-order chi connectivity index (χ0) is 24.4. The van der Waals surface area contributed by atoms with Gasteiger partial charge in [-0.25, -0.2) is 0 Å². The van der Waals surface area contributed by atoms with Crippen molar-refractivity contribution in [3.8, 4) is 11.5 Å². The molecule has 0 saturated heterocycles. The van der Waals surface area contributed by atoms with Crippen LogP contribution < -0.4 is 9.47 Å². The summed E-state index contributed by atoms with van der Waals surface area (Å²) in [4.78, 5) is 30.9. The third-order valence-corrected chi connectivity index (χ3v) is 6.11. The number of thiophene rings is 1. The number of nitrogens with zero attached hydrogens (tertiary/aromatic N) is 2. The van der Waals surface area contributed by atoms with Crippen molar-refractivity contribution in [2.24, 2.45) is 5.41 Å². The highest BCUT2D eigenvalue weighted by Crippen LogP contribution is 2.28. The van der Waals surface area contributed by atoms with Crippen molar-refractivity contribution >= 4 is 23.2 Å². The quantitative estimate of drug-likeness (QED) is 0.434. The Labute approximate surface area is 202 Å². The first kappa shape index (κ1) is 26.7. The summed E-state index contributed by atoms with van der Waals surface area (Å²) in [6, 6.07) is 9.85. The summed E-state index contributed by atoms with van der Waals surface area (Å²) >= 11 is 1.63. The van der Waals surface area contributed by atoms with Gasteiger partial charge in [-0.15, -0.1) is 11.3 Å². The van der Waals surface area contributed by atoms with E-state index in [0.717, 1.165) is 16.9 Å². The Bertz CT molecular complexity index is 890. The average molecular weight is 475 g/mol. The number of carbonyl (C=O) groups excluding carboxylic acids is 2. The number of hydrogen-bond acceptors (Lipinski definition) is 5. The van der Waals surface area contributed by atoms with Crippen LogP contribution in [0.25, 0.3) is 0 Å². The fourth-order valence-corrected chi connectivity index (χ4v) is 4.29. The lowest BCUT2D eigenvalue weighted by Crippen LogP contribution is -2.44. The molecule has 2 amide bonds. The molecular formula is C26H38N2O4S. The van der Waals surface area contributed by atoms with Crippen molar-refractivity contribution in [1.82, 2.24) is 9.80 Å². The van der Waals surface area contributed by atoms with Crippen LogP contribution in [0.1, 0.15) is 51.0 Å². The average Bonchev–Trinajstić information content (AvgIpc) is 3.28. The third-order valence-electron chi connectivity index (χ3n) is 5.25. The SMILES string of the molecule is CCCN(CC(=O)N(CCc1ccc(OC)c(OC)c1)Cc1cccs1)C(=O)CC(C)(C)C. The predicted molar refractivity (Wildman–Crippen MR) is 134 cm³/mol. The molecule has 0 fully saturated rings. The summed E-state index contributed by atoms with van der Waals surface area (Å²) in [5.41, 5.74) is 0.946. The summed E-state index contributed by atoms with van der Waals surface area (Å²) in [7, 11) is 3.23. The van der Waals surface area contributed by atoms with E-state index in [2.05, 4.69) is 0 Å². The lowest BCUT2D eigenvalue weighted by atomic mass is 9.91. The van der Waals surface area contributed by atoms with Gasteiger partial charge in [0.05, 0.1) is 27.3 Å². The Morgan fingerprint density at radius 3 is 2.27 bits per heavy atom. The summed E-state index contributed by atoms with van der Waals surface area (Å²) in [5, 5.41) is 2.02. The van der Waals surface area contributed by atoms with E-state index in [1.54, 1.807) is 30.5 Å². The summed E-state index contributed by atoms with van der Waals surface area (Å²) in [6.07, 6.45) is 1.93. The Morgan fingerprint density at radius 2 is 1.70 bits per heavy atom. The minimum Gasteiger partial charge on any atom is -0.493 e. The number of carbonyl (C=O) groups is 2. The van der Waals surface area contributed by atoms with Gasteiger partial charge < -0.3 is 19.3 Å². The maximum absolute atomic E-state index is 13.4. The molecule has 0 bridgehead atoms. The number of methoxy groups -OCH3 is 2. The molecule has 2 aromatic rings. The molecule has 0 atom stereocenters. The standard InChI is InChI=1S/C26H38N2O4S/c1-7-13-27(24(29)17-26(2,3)4)19-25(30)28(18-21-9-8-15-33-21)14-12-20-10-11-22(31-5)23(16-20)32-6/h8-11,15-16H,7,12-14,17-19H2,1-6H3. The molecule has 1 aromatic heterocycles. The highest BCUT2D eigenvalue weighted by molar-refractivity contribution is 7.09. The van der Waals surface area contributed by atoms with Crippen LogP contribution in [0.4, 0.5) is 0 Å². The monoisotopic (exact) mass is 474 g/mol. The van der Waals surface area contributed by atoms with Gasteiger partial charge in [0, 0.05) is 24.4 Å². The first-order valence-electron chi connectivity index (χ1n) is 11.5. The van der Waals surface area contributed by atoms with E-state index in [1.807, 2.05) is 68.3 Å². The van der Waals surface area contributed by atoms with Gasteiger partial charge in [0.15, 0.2) is 11.5 Å². The predicted octanol–water partition coefficient (Wildman–Crippen LogP) is 5.01. The van der Waals surface area contributed by atoms with Gasteiger partial charge in [0.25, 0.3) is 0 Å². The van der Waals surface area contributed by atoms with Crippen LogP contribution in [0.5, 0.6) is 11.5 Å². The molecule has 1 heterocycles. The zero-order valence-corrected chi connectivity index (χ0v) is 21.7. The summed E-state index contributed by atoms with van der Waals surface area (Å²) < 4.78 is 10.7. The van der Waals surface area contributed by atoms with Crippen molar-refractivity contribution in [1.29, 1.82) is 0 Å². The molecule has 0 aliphatic carbocycles. The molecular weight excluding hydrogens is 436 g/mol. The first-order chi connectivity index (χ1) is 15.7. The summed E-state index contributed by atoms with van der Waals surface area (Å²) in [5.74, 6) is 1.36. The van der Waals surface area contributed by atoms with Crippen LogP contribution in [-0.4, -0.2) is 55.5 Å². The molecule has 33 heavy (non-hydrogen) atoms. The number of ether oxygens (including phenoxy) is 2. The van der Waals surface area contributed by atoms with E-state index in [9.17, 15) is 9.59 Å². The van der Waals surface area contributed by atoms with Crippen LogP contribution in [0.2, 0.25) is 0 Å². The normalized spacial score (nSPS) is 11.2. The second-order valence-electron chi connectivity index (χ2n) is 9.39. The smallest absolute Gasteiger partial charge is 0.242 e. The van der Waals surface area contributed by atoms with Gasteiger partial charge >= 0.3 is 0 Å². The van der Waals surface area contributed by atoms with Crippen LogP contribution in [0.15, 0.2) is 35.7 Å². The molecule has 2 rings (SSSR count). The van der Waals surface area contributed by atoms with E-state index in [-0.39, 0.29) is 23.8 Å². The molecule has 0 unspecified atom stereocenters. The van der Waals surface area contributed by atoms with Crippen LogP contribution >= 0.6 is 11.3 Å². The highest BCUT2D eigenvalue weighted by atomic mass is 32.1. The Balaban J connectivity index is 2.14. The van der Waals surface area contributed by atoms with Crippen molar-refractivity contribution in [3.05, 3.63) is 46.2 Å². The molecule has 0 spiro atoms. The topological polar surface area (TPSA) is 59.1 Å². The molecule has 7 heteroatoms. The fourth-order valence-electron chi connectivity index (χ4n) is 3.57. The molecule has 1 aromatic carbocycles. The Kier molecular flexibility index (Phi) is 10.2. The maximum Gasteiger partial charge on any atom is 0.242 e. The van der Waals surface area contributed by atoms with Crippen molar-refractivity contribution in [2.75, 3.05) is 33.9 Å². The van der Waals surface area contributed by atoms with Crippen LogP contribution in [-0.2, 0) is 22.6 Å². The first-order valence-corrected chi connectivity index (χ1v) is 12.3. The van der Waals surface area contributed by atoms with Gasteiger partial charge in [-0.3, -0.25) is 9.59 Å². The van der Waals surface area contributed by atoms with Gasteiger partial charge in [-0.2, -0.15) is 0 Å². The van der Waals surface area contributed by atoms with Crippen LogP contribution in [0.3, 0.4) is 0 Å². The van der Waals surface area contributed by atoms with Gasteiger partial charge in [0.2, 0.25) is 11.8 Å². The van der Waals surface area contributed by atoms with Crippen molar-refractivity contribution in [2.45, 2.75) is 53.5 Å². The van der Waals surface area contributed by atoms with Crippen LogP contribution in [0, 0.1) is 5.41 Å². The number of amides is 2.